The van der Waals surface area contributed by atoms with Crippen LogP contribution >= 0.6 is 7.82 Å². The van der Waals surface area contributed by atoms with Crippen molar-refractivity contribution in [2.24, 2.45) is 0 Å². The van der Waals surface area contributed by atoms with E-state index in [2.05, 4.69) is 4.52 Å². The van der Waals surface area contributed by atoms with Gasteiger partial charge in [0.05, 0.1) is 5.56 Å². The van der Waals surface area contributed by atoms with E-state index < -0.39 is 19.4 Å². The lowest BCUT2D eigenvalue weighted by atomic mass is 9.80. The Morgan fingerprint density at radius 2 is 1.46 bits per heavy atom. The van der Waals surface area contributed by atoms with Crippen LogP contribution in [-0.2, 0) is 14.9 Å². The van der Waals surface area contributed by atoms with Gasteiger partial charge in [-0.2, -0.15) is 0 Å². The standard InChI is InChI=1S/C20H15O7P/c21-15-9-5-13(6-10-15)20(18-4-2-1-3-17(18)19(22)26-20)14-7-11-16(12-8-14)27-28(23,24)25/h1-12,21H,(H2,23,24,25)/p-2. The average molecular weight is 396 g/mol. The molecule has 3 aromatic rings. The molecule has 1 atom stereocenters. The molecule has 142 valence electrons. The number of rotatable bonds is 4. The molecular formula is C20H13O7P-2. The number of phenolic OH excluding ortho intramolecular Hbond substituents is 1. The molecule has 0 saturated carbocycles. The van der Waals surface area contributed by atoms with Crippen LogP contribution in [0, 0.1) is 0 Å². The Kier molecular flexibility index (Phi) is 4.23. The van der Waals surface area contributed by atoms with Gasteiger partial charge in [-0.05, 0) is 30.3 Å². The summed E-state index contributed by atoms with van der Waals surface area (Å²) in [7, 11) is -5.18. The smallest absolute Gasteiger partial charge is 0.340 e. The summed E-state index contributed by atoms with van der Waals surface area (Å²) < 4.78 is 21.0. The van der Waals surface area contributed by atoms with E-state index in [1.807, 2.05) is 0 Å². The molecule has 0 bridgehead atoms. The zero-order valence-electron chi connectivity index (χ0n) is 14.3. The quantitative estimate of drug-likeness (QED) is 0.530. The van der Waals surface area contributed by atoms with Crippen LogP contribution < -0.4 is 14.3 Å². The van der Waals surface area contributed by atoms with E-state index in [1.165, 1.54) is 36.4 Å². The molecule has 0 aromatic heterocycles. The molecule has 0 radical (unpaired) electrons. The highest BCUT2D eigenvalue weighted by Gasteiger charge is 2.48. The van der Waals surface area contributed by atoms with Gasteiger partial charge in [0.2, 0.25) is 0 Å². The number of phosphoric acid groups is 1. The molecular weight excluding hydrogens is 383 g/mol. The number of hydrogen-bond acceptors (Lipinski definition) is 7. The second-order valence-corrected chi connectivity index (χ2v) is 7.30. The van der Waals surface area contributed by atoms with E-state index >= 15 is 0 Å². The van der Waals surface area contributed by atoms with Crippen molar-refractivity contribution >= 4 is 13.8 Å². The Morgan fingerprint density at radius 1 is 0.893 bits per heavy atom. The topological polar surface area (TPSA) is 119 Å². The third kappa shape index (κ3) is 3.05. The third-order valence-electron chi connectivity index (χ3n) is 4.52. The number of ether oxygens (including phenoxy) is 1. The van der Waals surface area contributed by atoms with Crippen LogP contribution in [-0.4, -0.2) is 11.1 Å². The first kappa shape index (κ1) is 18.3. The van der Waals surface area contributed by atoms with E-state index in [0.717, 1.165) is 0 Å². The van der Waals surface area contributed by atoms with Gasteiger partial charge in [0.15, 0.2) is 5.60 Å². The lowest BCUT2D eigenvalue weighted by molar-refractivity contribution is -0.333. The number of aromatic hydroxyl groups is 1. The van der Waals surface area contributed by atoms with Gasteiger partial charge in [0, 0.05) is 16.7 Å². The number of benzene rings is 3. The van der Waals surface area contributed by atoms with Gasteiger partial charge in [0.25, 0.3) is 0 Å². The normalized spacial score (nSPS) is 18.4. The second-order valence-electron chi connectivity index (χ2n) is 6.23. The minimum Gasteiger partial charge on any atom is -0.780 e. The molecule has 1 N–H and O–H groups in total. The van der Waals surface area contributed by atoms with Gasteiger partial charge in [0.1, 0.15) is 19.3 Å². The number of phenols is 1. The maximum absolute atomic E-state index is 12.5. The van der Waals surface area contributed by atoms with Crippen molar-refractivity contribution in [3.8, 4) is 11.5 Å². The zero-order chi connectivity index (χ0) is 19.9. The minimum absolute atomic E-state index is 0.0573. The number of hydrogen-bond donors (Lipinski definition) is 1. The molecule has 28 heavy (non-hydrogen) atoms. The van der Waals surface area contributed by atoms with Crippen LogP contribution in [0.3, 0.4) is 0 Å². The molecule has 0 aliphatic carbocycles. The van der Waals surface area contributed by atoms with Crippen LogP contribution in [0.15, 0.2) is 72.8 Å². The minimum atomic E-state index is -5.18. The SMILES string of the molecule is O=C1OC(c2ccc(O)cc2)(c2ccc(OP(=O)([O-])[O-])cc2)c2ccccc21. The molecule has 1 aliphatic heterocycles. The predicted octanol–water partition coefficient (Wildman–Crippen LogP) is 2.06. The fraction of sp³-hybridized carbons (Fsp3) is 0.0500. The van der Waals surface area contributed by atoms with Crippen molar-refractivity contribution < 1.29 is 33.5 Å². The molecule has 8 heteroatoms. The molecule has 0 fully saturated rings. The van der Waals surface area contributed by atoms with Crippen molar-refractivity contribution in [3.63, 3.8) is 0 Å². The van der Waals surface area contributed by atoms with Gasteiger partial charge in [-0.3, -0.25) is 0 Å². The van der Waals surface area contributed by atoms with E-state index in [-0.39, 0.29) is 11.5 Å². The number of carbonyl (C=O) groups is 1. The van der Waals surface area contributed by atoms with Gasteiger partial charge < -0.3 is 28.7 Å². The van der Waals surface area contributed by atoms with Crippen molar-refractivity contribution in [1.82, 2.24) is 0 Å². The van der Waals surface area contributed by atoms with Crippen molar-refractivity contribution in [1.29, 1.82) is 0 Å². The Balaban J connectivity index is 1.90. The molecule has 1 unspecified atom stereocenters. The number of esters is 1. The molecule has 3 aromatic carbocycles. The van der Waals surface area contributed by atoms with Gasteiger partial charge >= 0.3 is 5.97 Å². The van der Waals surface area contributed by atoms with Crippen molar-refractivity contribution in [3.05, 3.63) is 95.1 Å². The van der Waals surface area contributed by atoms with Gasteiger partial charge in [-0.25, -0.2) is 4.79 Å². The van der Waals surface area contributed by atoms with Crippen LogP contribution in [0.2, 0.25) is 0 Å². The maximum atomic E-state index is 12.5. The Morgan fingerprint density at radius 3 is 2.07 bits per heavy atom. The summed E-state index contributed by atoms with van der Waals surface area (Å²) in [5.74, 6) is -0.593. The van der Waals surface area contributed by atoms with E-state index in [0.29, 0.717) is 22.3 Å². The van der Waals surface area contributed by atoms with Crippen LogP contribution in [0.5, 0.6) is 11.5 Å². The molecule has 0 amide bonds. The molecule has 7 nitrogen and oxygen atoms in total. The zero-order valence-corrected chi connectivity index (χ0v) is 15.2. The molecule has 0 spiro atoms. The summed E-state index contributed by atoms with van der Waals surface area (Å²) in [6.07, 6.45) is 0. The van der Waals surface area contributed by atoms with Crippen molar-refractivity contribution in [2.45, 2.75) is 5.60 Å². The largest absolute Gasteiger partial charge is 0.780 e. The van der Waals surface area contributed by atoms with E-state index in [9.17, 15) is 24.3 Å². The van der Waals surface area contributed by atoms with Crippen molar-refractivity contribution in [2.75, 3.05) is 0 Å². The molecule has 0 saturated heterocycles. The fourth-order valence-corrected chi connectivity index (χ4v) is 3.77. The Hall–Kier alpha value is -3.12. The first-order valence-corrected chi connectivity index (χ1v) is 9.70. The molecule has 1 aliphatic rings. The number of fused-ring (bicyclic) bond motifs is 1. The fourth-order valence-electron chi connectivity index (χ4n) is 3.39. The van der Waals surface area contributed by atoms with Crippen LogP contribution in [0.1, 0.15) is 27.0 Å². The van der Waals surface area contributed by atoms with Crippen LogP contribution in [0.4, 0.5) is 0 Å². The van der Waals surface area contributed by atoms with E-state index in [1.54, 1.807) is 36.4 Å². The summed E-state index contributed by atoms with van der Waals surface area (Å²) in [6.45, 7) is 0. The monoisotopic (exact) mass is 396 g/mol. The summed E-state index contributed by atoms with van der Waals surface area (Å²) in [6, 6.07) is 18.8. The first-order chi connectivity index (χ1) is 13.3. The van der Waals surface area contributed by atoms with E-state index in [4.69, 9.17) is 4.74 Å². The molecule has 4 rings (SSSR count). The first-order valence-electron chi connectivity index (χ1n) is 8.24. The van der Waals surface area contributed by atoms with Gasteiger partial charge in [-0.15, -0.1) is 0 Å². The highest BCUT2D eigenvalue weighted by atomic mass is 31.2. The predicted molar refractivity (Wildman–Crippen MR) is 94.5 cm³/mol. The summed E-state index contributed by atoms with van der Waals surface area (Å²) in [5.41, 5.74) is 0.835. The lowest BCUT2D eigenvalue weighted by Crippen LogP contribution is -2.29. The highest BCUT2D eigenvalue weighted by molar-refractivity contribution is 7.43. The number of carbonyl (C=O) groups excluding carboxylic acids is 1. The third-order valence-corrected chi connectivity index (χ3v) is 4.96. The highest BCUT2D eigenvalue weighted by Crippen LogP contribution is 2.47. The summed E-state index contributed by atoms with van der Waals surface area (Å²) >= 11 is 0. The number of cyclic esters (lactones) is 1. The van der Waals surface area contributed by atoms with Gasteiger partial charge in [-0.1, -0.05) is 42.5 Å². The van der Waals surface area contributed by atoms with Crippen LogP contribution in [0.25, 0.3) is 0 Å². The molecule has 1 heterocycles. The maximum Gasteiger partial charge on any atom is 0.340 e. The summed E-state index contributed by atoms with van der Waals surface area (Å²) in [4.78, 5) is 34.2. The second kappa shape index (κ2) is 6.49. The average Bonchev–Trinajstić information content (AvgIpc) is 2.96. The Labute approximate surface area is 160 Å². The summed E-state index contributed by atoms with van der Waals surface area (Å²) in [5, 5.41) is 9.64. The Bertz CT molecular complexity index is 1090. The number of phosphoric ester groups is 1. The lowest BCUT2D eigenvalue weighted by Gasteiger charge is -2.31.